The molecule has 5 nitrogen and oxygen atoms in total. The van der Waals surface area contributed by atoms with Crippen molar-refractivity contribution in [1.82, 2.24) is 14.7 Å². The third-order valence-electron chi connectivity index (χ3n) is 3.20. The van der Waals surface area contributed by atoms with E-state index < -0.39 is 0 Å². The second-order valence-corrected chi connectivity index (χ2v) is 5.61. The molecular weight excluding hydrogens is 272 g/mol. The lowest BCUT2D eigenvalue weighted by molar-refractivity contribution is 0.154. The molecule has 0 fully saturated rings. The quantitative estimate of drug-likeness (QED) is 0.721. The predicted octanol–water partition coefficient (Wildman–Crippen LogP) is 2.37. The summed E-state index contributed by atoms with van der Waals surface area (Å²) in [5, 5.41) is 5.55. The topological polar surface area (TPSA) is 41.8 Å². The standard InChI is InChI=1S/C14H24N4OS/c1-4-6-15-11-12-13(17(3)7-9-19-5-2)16-14-18(12)8-10-20-14/h8,10,15H,4-7,9,11H2,1-3H3. The highest BCUT2D eigenvalue weighted by Crippen LogP contribution is 2.23. The minimum atomic E-state index is 0.736. The van der Waals surface area contributed by atoms with Gasteiger partial charge in [0.15, 0.2) is 10.8 Å². The van der Waals surface area contributed by atoms with Crippen LogP contribution in [0, 0.1) is 0 Å². The molecule has 112 valence electrons. The van der Waals surface area contributed by atoms with Crippen LogP contribution in [0.5, 0.6) is 0 Å². The summed E-state index contributed by atoms with van der Waals surface area (Å²) in [4.78, 5) is 7.97. The number of hydrogen-bond acceptors (Lipinski definition) is 5. The van der Waals surface area contributed by atoms with Crippen LogP contribution in [-0.4, -0.2) is 42.7 Å². The highest BCUT2D eigenvalue weighted by atomic mass is 32.1. The van der Waals surface area contributed by atoms with Gasteiger partial charge in [-0.15, -0.1) is 11.3 Å². The maximum atomic E-state index is 5.43. The first kappa shape index (κ1) is 15.3. The highest BCUT2D eigenvalue weighted by molar-refractivity contribution is 7.15. The van der Waals surface area contributed by atoms with Crippen molar-refractivity contribution in [2.75, 3.05) is 38.3 Å². The van der Waals surface area contributed by atoms with Crippen LogP contribution in [-0.2, 0) is 11.3 Å². The molecule has 2 aromatic rings. The van der Waals surface area contributed by atoms with Crippen molar-refractivity contribution in [3.63, 3.8) is 0 Å². The van der Waals surface area contributed by atoms with Crippen molar-refractivity contribution < 1.29 is 4.74 Å². The van der Waals surface area contributed by atoms with Crippen LogP contribution >= 0.6 is 11.3 Å². The van der Waals surface area contributed by atoms with E-state index in [1.54, 1.807) is 11.3 Å². The molecule has 1 N–H and O–H groups in total. The average molecular weight is 296 g/mol. The zero-order valence-corrected chi connectivity index (χ0v) is 13.4. The van der Waals surface area contributed by atoms with E-state index in [-0.39, 0.29) is 0 Å². The average Bonchev–Trinajstić information content (AvgIpc) is 3.01. The summed E-state index contributed by atoms with van der Waals surface area (Å²) in [5.74, 6) is 1.06. The minimum absolute atomic E-state index is 0.736. The van der Waals surface area contributed by atoms with Crippen molar-refractivity contribution in [3.8, 4) is 0 Å². The van der Waals surface area contributed by atoms with Crippen LogP contribution in [0.1, 0.15) is 26.0 Å². The summed E-state index contributed by atoms with van der Waals surface area (Å²) in [6, 6.07) is 0. The van der Waals surface area contributed by atoms with Crippen LogP contribution in [0.3, 0.4) is 0 Å². The van der Waals surface area contributed by atoms with Gasteiger partial charge in [-0.2, -0.15) is 0 Å². The Hall–Kier alpha value is -1.11. The summed E-state index contributed by atoms with van der Waals surface area (Å²) in [6.07, 6.45) is 3.23. The van der Waals surface area contributed by atoms with Crippen molar-refractivity contribution in [2.45, 2.75) is 26.8 Å². The number of anilines is 1. The van der Waals surface area contributed by atoms with Gasteiger partial charge in [0.1, 0.15) is 0 Å². The Morgan fingerprint density at radius 3 is 3.05 bits per heavy atom. The van der Waals surface area contributed by atoms with E-state index in [9.17, 15) is 0 Å². The molecule has 0 aliphatic heterocycles. The number of thiazole rings is 1. The molecule has 0 unspecified atom stereocenters. The molecule has 2 rings (SSSR count). The Morgan fingerprint density at radius 2 is 2.30 bits per heavy atom. The SMILES string of the molecule is CCCNCc1c(N(C)CCOCC)nc2sccn12. The van der Waals surface area contributed by atoms with E-state index in [4.69, 9.17) is 9.72 Å². The number of rotatable bonds is 9. The van der Waals surface area contributed by atoms with Gasteiger partial charge >= 0.3 is 0 Å². The molecule has 0 saturated carbocycles. The second kappa shape index (κ2) is 7.61. The third kappa shape index (κ3) is 3.50. The summed E-state index contributed by atoms with van der Waals surface area (Å²) < 4.78 is 7.61. The molecule has 6 heteroatoms. The van der Waals surface area contributed by atoms with Gasteiger partial charge in [0.2, 0.25) is 0 Å². The number of nitrogens with one attached hydrogen (secondary N) is 1. The van der Waals surface area contributed by atoms with Gasteiger partial charge in [-0.3, -0.25) is 4.40 Å². The van der Waals surface area contributed by atoms with E-state index in [1.165, 1.54) is 5.69 Å². The molecule has 2 heterocycles. The molecule has 0 radical (unpaired) electrons. The van der Waals surface area contributed by atoms with Crippen molar-refractivity contribution in [3.05, 3.63) is 17.3 Å². The van der Waals surface area contributed by atoms with Crippen molar-refractivity contribution in [2.24, 2.45) is 0 Å². The second-order valence-electron chi connectivity index (χ2n) is 4.73. The van der Waals surface area contributed by atoms with E-state index in [0.29, 0.717) is 0 Å². The molecule has 20 heavy (non-hydrogen) atoms. The molecule has 0 bridgehead atoms. The molecule has 0 aliphatic carbocycles. The van der Waals surface area contributed by atoms with Crippen LogP contribution in [0.15, 0.2) is 11.6 Å². The van der Waals surface area contributed by atoms with Crippen LogP contribution in [0.25, 0.3) is 4.96 Å². The summed E-state index contributed by atoms with van der Waals surface area (Å²) in [5.41, 5.74) is 1.23. The molecule has 0 aromatic carbocycles. The number of ether oxygens (including phenoxy) is 1. The van der Waals surface area contributed by atoms with Gasteiger partial charge in [0.25, 0.3) is 0 Å². The van der Waals surface area contributed by atoms with Crippen LogP contribution < -0.4 is 10.2 Å². The predicted molar refractivity (Wildman–Crippen MR) is 84.8 cm³/mol. The fraction of sp³-hybridized carbons (Fsp3) is 0.643. The van der Waals surface area contributed by atoms with Gasteiger partial charge in [-0.25, -0.2) is 4.98 Å². The number of fused-ring (bicyclic) bond motifs is 1. The lowest BCUT2D eigenvalue weighted by atomic mass is 10.3. The number of nitrogens with zero attached hydrogens (tertiary/aromatic N) is 3. The maximum Gasteiger partial charge on any atom is 0.195 e. The summed E-state index contributed by atoms with van der Waals surface area (Å²) in [6.45, 7) is 8.43. The normalized spacial score (nSPS) is 11.3. The molecule has 0 saturated heterocycles. The smallest absolute Gasteiger partial charge is 0.195 e. The molecule has 0 amide bonds. The van der Waals surface area contributed by atoms with Gasteiger partial charge in [-0.1, -0.05) is 6.92 Å². The summed E-state index contributed by atoms with van der Waals surface area (Å²) in [7, 11) is 2.08. The van der Waals surface area contributed by atoms with E-state index in [1.807, 2.05) is 6.92 Å². The Bertz CT molecular complexity index is 522. The van der Waals surface area contributed by atoms with Crippen molar-refractivity contribution in [1.29, 1.82) is 0 Å². The molecule has 0 aliphatic rings. The zero-order valence-electron chi connectivity index (χ0n) is 12.6. The fourth-order valence-electron chi connectivity index (χ4n) is 2.13. The monoisotopic (exact) mass is 296 g/mol. The molecule has 2 aromatic heterocycles. The largest absolute Gasteiger partial charge is 0.380 e. The zero-order chi connectivity index (χ0) is 14.4. The lowest BCUT2D eigenvalue weighted by Crippen LogP contribution is -2.25. The first-order chi connectivity index (χ1) is 9.77. The number of likely N-dealkylation sites (N-methyl/N-ethyl adjacent to an activating group) is 1. The molecular formula is C14H24N4OS. The lowest BCUT2D eigenvalue weighted by Gasteiger charge is -2.18. The Morgan fingerprint density at radius 1 is 1.45 bits per heavy atom. The third-order valence-corrected chi connectivity index (χ3v) is 3.95. The van der Waals surface area contributed by atoms with E-state index in [2.05, 4.69) is 40.2 Å². The minimum Gasteiger partial charge on any atom is -0.380 e. The molecule has 0 atom stereocenters. The van der Waals surface area contributed by atoms with Crippen molar-refractivity contribution >= 4 is 22.1 Å². The fourth-order valence-corrected chi connectivity index (χ4v) is 2.85. The first-order valence-electron chi connectivity index (χ1n) is 7.22. The number of hydrogen-bond donors (Lipinski definition) is 1. The highest BCUT2D eigenvalue weighted by Gasteiger charge is 2.16. The van der Waals surface area contributed by atoms with Gasteiger partial charge < -0.3 is 15.0 Å². The number of aromatic nitrogens is 2. The maximum absolute atomic E-state index is 5.43. The van der Waals surface area contributed by atoms with E-state index >= 15 is 0 Å². The summed E-state index contributed by atoms with van der Waals surface area (Å²) >= 11 is 1.67. The Labute approximate surface area is 124 Å². The van der Waals surface area contributed by atoms with Gasteiger partial charge in [0, 0.05) is 38.3 Å². The first-order valence-corrected chi connectivity index (χ1v) is 8.09. The van der Waals surface area contributed by atoms with Gasteiger partial charge in [-0.05, 0) is 19.9 Å². The van der Waals surface area contributed by atoms with Crippen LogP contribution in [0.2, 0.25) is 0 Å². The van der Waals surface area contributed by atoms with E-state index in [0.717, 1.165) is 50.0 Å². The van der Waals surface area contributed by atoms with Crippen LogP contribution in [0.4, 0.5) is 5.82 Å². The molecule has 0 spiro atoms. The Balaban J connectivity index is 2.13. The Kier molecular flexibility index (Phi) is 5.82. The number of imidazole rings is 1. The van der Waals surface area contributed by atoms with Gasteiger partial charge in [0.05, 0.1) is 12.3 Å².